The molecule has 40 heavy (non-hydrogen) atoms. The number of ketones is 2. The minimum absolute atomic E-state index is 0.00923. The topological polar surface area (TPSA) is 155 Å². The zero-order valence-electron chi connectivity index (χ0n) is 22.1. The molecule has 1 spiro atoms. The number of carbonyl (C=O) groups is 4. The van der Waals surface area contributed by atoms with Gasteiger partial charge < -0.3 is 33.9 Å². The molecule has 2 N–H and O–H groups in total. The van der Waals surface area contributed by atoms with E-state index in [-0.39, 0.29) is 52.0 Å². The summed E-state index contributed by atoms with van der Waals surface area (Å²) in [4.78, 5) is 50.7. The molecule has 0 amide bonds. The smallest absolute Gasteiger partial charge is 0.341 e. The number of halogens is 1. The van der Waals surface area contributed by atoms with Gasteiger partial charge in [0.1, 0.15) is 27.8 Å². The number of aliphatic hydroxyl groups is 1. The van der Waals surface area contributed by atoms with E-state index in [1.54, 1.807) is 6.92 Å². The molecule has 1 heterocycles. The van der Waals surface area contributed by atoms with Crippen LogP contribution in [-0.2, 0) is 19.1 Å². The number of carboxylic acids is 1. The average Bonchev–Trinajstić information content (AvgIpc) is 3.25. The summed E-state index contributed by atoms with van der Waals surface area (Å²) in [5, 5.41) is 20.6. The molecule has 1 aliphatic carbocycles. The standard InChI is InChI=1S/C28H27ClO11/c1-13-9-17(30)22(16(10-21(33)38-4)14-5-7-15(8-6-14)39-12-20(31)32)26(34)28(13)27(35)23-18(36-2)11-19(37-3)24(29)25(23)40-28/h5-8,11,13,16,34H,9-10,12H2,1-4H3,(H,31,32)/t13-,16+,28+/m1/s1. The van der Waals surface area contributed by atoms with Crippen LogP contribution in [0.4, 0.5) is 0 Å². The molecule has 0 saturated heterocycles. The summed E-state index contributed by atoms with van der Waals surface area (Å²) in [6.07, 6.45) is -0.534. The van der Waals surface area contributed by atoms with E-state index in [2.05, 4.69) is 0 Å². The SMILES string of the molecule is COC(=O)C[C@H](C1=C(O)[C@@]2(Oc3c(Cl)c(OC)cc(OC)c3C2=O)[C@H](C)CC1=O)c1ccc(OCC(=O)O)cc1. The molecule has 0 saturated carbocycles. The molecular formula is C28H27ClO11. The highest BCUT2D eigenvalue weighted by Crippen LogP contribution is 2.55. The van der Waals surface area contributed by atoms with E-state index in [9.17, 15) is 24.3 Å². The number of Topliss-reactive ketones (excluding diaryl/α,β-unsaturated/α-hetero) is 2. The number of carboxylic acid groups (broad SMARTS) is 1. The summed E-state index contributed by atoms with van der Waals surface area (Å²) < 4.78 is 26.8. The third kappa shape index (κ3) is 4.70. The van der Waals surface area contributed by atoms with Crippen LogP contribution in [0.2, 0.25) is 5.02 Å². The van der Waals surface area contributed by atoms with E-state index in [0.717, 1.165) is 0 Å². The highest BCUT2D eigenvalue weighted by Gasteiger charge is 2.61. The quantitative estimate of drug-likeness (QED) is 0.419. The molecule has 0 radical (unpaired) electrons. The van der Waals surface area contributed by atoms with Gasteiger partial charge >= 0.3 is 11.9 Å². The Labute approximate surface area is 234 Å². The molecule has 4 rings (SSSR count). The second-order valence-electron chi connectivity index (χ2n) is 9.34. The lowest BCUT2D eigenvalue weighted by Gasteiger charge is -2.38. The van der Waals surface area contributed by atoms with E-state index in [0.29, 0.717) is 5.56 Å². The predicted molar refractivity (Wildman–Crippen MR) is 140 cm³/mol. The van der Waals surface area contributed by atoms with Crippen LogP contribution in [0, 0.1) is 5.92 Å². The lowest BCUT2D eigenvalue weighted by molar-refractivity contribution is -0.141. The van der Waals surface area contributed by atoms with Crippen molar-refractivity contribution >= 4 is 35.1 Å². The van der Waals surface area contributed by atoms with Crippen molar-refractivity contribution in [1.29, 1.82) is 0 Å². The largest absolute Gasteiger partial charge is 0.507 e. The van der Waals surface area contributed by atoms with Gasteiger partial charge in [0.25, 0.3) is 0 Å². The first kappa shape index (κ1) is 28.8. The number of aliphatic carboxylic acids is 1. The molecule has 1 aliphatic heterocycles. The van der Waals surface area contributed by atoms with Crippen molar-refractivity contribution in [3.05, 3.63) is 57.8 Å². The van der Waals surface area contributed by atoms with E-state index >= 15 is 0 Å². The Morgan fingerprint density at radius 1 is 1.12 bits per heavy atom. The van der Waals surface area contributed by atoms with Crippen LogP contribution in [-0.4, -0.2) is 67.3 Å². The molecule has 2 aromatic carbocycles. The van der Waals surface area contributed by atoms with Crippen molar-refractivity contribution in [3.63, 3.8) is 0 Å². The second-order valence-corrected chi connectivity index (χ2v) is 9.72. The van der Waals surface area contributed by atoms with Gasteiger partial charge in [0, 0.05) is 29.9 Å². The molecule has 0 bridgehead atoms. The van der Waals surface area contributed by atoms with Crippen molar-refractivity contribution in [3.8, 4) is 23.0 Å². The van der Waals surface area contributed by atoms with Crippen molar-refractivity contribution in [2.45, 2.75) is 31.3 Å². The predicted octanol–water partition coefficient (Wildman–Crippen LogP) is 3.90. The number of fused-ring (bicyclic) bond motifs is 1. The van der Waals surface area contributed by atoms with Gasteiger partial charge in [-0.15, -0.1) is 0 Å². The van der Waals surface area contributed by atoms with Gasteiger partial charge in [0.05, 0.1) is 27.8 Å². The maximum Gasteiger partial charge on any atom is 0.341 e. The number of aliphatic hydroxyl groups excluding tert-OH is 1. The number of hydrogen-bond acceptors (Lipinski definition) is 10. The maximum atomic E-state index is 14.0. The third-order valence-electron chi connectivity index (χ3n) is 7.10. The molecule has 3 atom stereocenters. The number of ether oxygens (including phenoxy) is 5. The number of benzene rings is 2. The summed E-state index contributed by atoms with van der Waals surface area (Å²) in [6.45, 7) is 1.03. The van der Waals surface area contributed by atoms with E-state index in [1.165, 1.54) is 51.7 Å². The Bertz CT molecular complexity index is 1410. The number of esters is 1. The molecule has 11 nitrogen and oxygen atoms in total. The highest BCUT2D eigenvalue weighted by atomic mass is 35.5. The first-order valence-electron chi connectivity index (χ1n) is 12.2. The van der Waals surface area contributed by atoms with Crippen molar-refractivity contribution in [1.82, 2.24) is 0 Å². The Morgan fingerprint density at radius 3 is 2.35 bits per heavy atom. The highest BCUT2D eigenvalue weighted by molar-refractivity contribution is 6.35. The third-order valence-corrected chi connectivity index (χ3v) is 7.46. The summed E-state index contributed by atoms with van der Waals surface area (Å²) in [5.41, 5.74) is -1.81. The van der Waals surface area contributed by atoms with Gasteiger partial charge in [-0.1, -0.05) is 30.7 Å². The van der Waals surface area contributed by atoms with Crippen LogP contribution in [0.3, 0.4) is 0 Å². The van der Waals surface area contributed by atoms with Gasteiger partial charge in [-0.05, 0) is 17.7 Å². The number of carbonyl (C=O) groups excluding carboxylic acids is 3. The zero-order valence-corrected chi connectivity index (χ0v) is 22.9. The zero-order chi connectivity index (χ0) is 29.4. The summed E-state index contributed by atoms with van der Waals surface area (Å²) in [7, 11) is 3.92. The number of rotatable bonds is 9. The second kappa shape index (κ2) is 11.1. The van der Waals surface area contributed by atoms with Crippen LogP contribution >= 0.6 is 11.6 Å². The van der Waals surface area contributed by atoms with Gasteiger partial charge in [0.2, 0.25) is 11.4 Å². The molecule has 0 unspecified atom stereocenters. The first-order valence-corrected chi connectivity index (χ1v) is 12.5. The molecule has 2 aliphatic rings. The minimum atomic E-state index is -2.02. The molecule has 0 aromatic heterocycles. The Balaban J connectivity index is 1.87. The molecule has 12 heteroatoms. The van der Waals surface area contributed by atoms with Crippen LogP contribution in [0.5, 0.6) is 23.0 Å². The monoisotopic (exact) mass is 574 g/mol. The number of allylic oxidation sites excluding steroid dienone is 1. The van der Waals surface area contributed by atoms with Crippen LogP contribution in [0.15, 0.2) is 41.7 Å². The maximum absolute atomic E-state index is 14.0. The molecule has 212 valence electrons. The van der Waals surface area contributed by atoms with E-state index in [1.807, 2.05) is 0 Å². The summed E-state index contributed by atoms with van der Waals surface area (Å²) in [5.74, 6) is -5.01. The molecular weight excluding hydrogens is 548 g/mol. The Kier molecular flexibility index (Phi) is 7.97. The summed E-state index contributed by atoms with van der Waals surface area (Å²) in [6, 6.07) is 7.42. The van der Waals surface area contributed by atoms with Gasteiger partial charge in [0.15, 0.2) is 23.9 Å². The van der Waals surface area contributed by atoms with Crippen molar-refractivity contribution in [2.24, 2.45) is 5.92 Å². The minimum Gasteiger partial charge on any atom is -0.507 e. The fourth-order valence-corrected chi connectivity index (χ4v) is 5.38. The lowest BCUT2D eigenvalue weighted by Crippen LogP contribution is -2.53. The first-order chi connectivity index (χ1) is 19.0. The number of methoxy groups -OCH3 is 3. The molecule has 2 aromatic rings. The van der Waals surface area contributed by atoms with Gasteiger partial charge in [-0.25, -0.2) is 4.79 Å². The molecule has 0 fully saturated rings. The van der Waals surface area contributed by atoms with E-state index < -0.39 is 53.3 Å². The fraction of sp³-hybridized carbons (Fsp3) is 0.357. The van der Waals surface area contributed by atoms with Crippen LogP contribution < -0.4 is 18.9 Å². The Hall–Kier alpha value is -4.25. The lowest BCUT2D eigenvalue weighted by atomic mass is 9.69. The van der Waals surface area contributed by atoms with E-state index in [4.69, 9.17) is 40.4 Å². The van der Waals surface area contributed by atoms with Crippen molar-refractivity contribution in [2.75, 3.05) is 27.9 Å². The van der Waals surface area contributed by atoms with Crippen LogP contribution in [0.25, 0.3) is 0 Å². The fourth-order valence-electron chi connectivity index (χ4n) is 5.12. The summed E-state index contributed by atoms with van der Waals surface area (Å²) >= 11 is 6.49. The van der Waals surface area contributed by atoms with Crippen LogP contribution in [0.1, 0.15) is 41.6 Å². The van der Waals surface area contributed by atoms with Crippen molar-refractivity contribution < 1.29 is 53.1 Å². The normalized spacial score (nSPS) is 20.6. The van der Waals surface area contributed by atoms with Gasteiger partial charge in [-0.2, -0.15) is 0 Å². The average molecular weight is 575 g/mol. The van der Waals surface area contributed by atoms with Gasteiger partial charge in [-0.3, -0.25) is 14.4 Å². The Morgan fingerprint density at radius 2 is 1.77 bits per heavy atom. The number of hydrogen-bond donors (Lipinski definition) is 2.